The first kappa shape index (κ1) is 31.8. The lowest BCUT2D eigenvalue weighted by Crippen LogP contribution is -2.39. The molecule has 0 heterocycles. The van der Waals surface area contributed by atoms with E-state index in [4.69, 9.17) is 33.7 Å². The molecular weight excluding hydrogens is 613 g/mol. The molecule has 12 heteroatoms. The molecule has 4 aromatic rings. The highest BCUT2D eigenvalue weighted by Gasteiger charge is 2.31. The maximum Gasteiger partial charge on any atom is 0.327 e. The van der Waals surface area contributed by atoms with Crippen LogP contribution in [0.4, 0.5) is 5.69 Å². The fraction of sp³-hybridized carbons (Fsp3) is 0.194. The van der Waals surface area contributed by atoms with Crippen LogP contribution in [-0.2, 0) is 26.1 Å². The number of nitrogens with one attached hydrogen (secondary N) is 1. The molecule has 4 rings (SSSR count). The number of sulfonamides is 1. The van der Waals surface area contributed by atoms with Crippen LogP contribution in [0.5, 0.6) is 0 Å². The molecule has 0 saturated heterocycles. The minimum atomic E-state index is -4.41. The van der Waals surface area contributed by atoms with E-state index in [1.165, 1.54) is 24.3 Å². The van der Waals surface area contributed by atoms with Crippen molar-refractivity contribution >= 4 is 67.5 Å². The van der Waals surface area contributed by atoms with E-state index in [0.717, 1.165) is 4.31 Å². The number of hydrogen-bond donors (Lipinski definition) is 2. The van der Waals surface area contributed by atoms with Gasteiger partial charge in [-0.15, -0.1) is 0 Å². The number of esters is 1. The van der Waals surface area contributed by atoms with Gasteiger partial charge in [0.1, 0.15) is 12.1 Å². The summed E-state index contributed by atoms with van der Waals surface area (Å²) in [5.74, 6) is -1.80. The van der Waals surface area contributed by atoms with Crippen LogP contribution in [0.1, 0.15) is 47.1 Å². The number of anilines is 1. The van der Waals surface area contributed by atoms with Gasteiger partial charge in [0.05, 0.1) is 10.6 Å². The first-order chi connectivity index (χ1) is 20.2. The van der Waals surface area contributed by atoms with Crippen molar-refractivity contribution in [3.05, 3.63) is 106 Å². The van der Waals surface area contributed by atoms with E-state index in [1.807, 2.05) is 0 Å². The Labute approximate surface area is 259 Å². The third-order valence-electron chi connectivity index (χ3n) is 6.19. The second-order valence-corrected chi connectivity index (χ2v) is 13.4. The number of nitrogens with zero attached hydrogens (tertiary/aromatic N) is 1. The number of halogens is 2. The van der Waals surface area contributed by atoms with Crippen LogP contribution in [-0.4, -0.2) is 38.3 Å². The van der Waals surface area contributed by atoms with Gasteiger partial charge in [-0.3, -0.25) is 18.7 Å². The Hall–Kier alpha value is -4.12. The van der Waals surface area contributed by atoms with E-state index in [0.29, 0.717) is 21.9 Å². The molecule has 0 unspecified atom stereocenters. The molecule has 0 aliphatic carbocycles. The van der Waals surface area contributed by atoms with E-state index >= 15 is 0 Å². The second-order valence-electron chi connectivity index (χ2n) is 10.6. The molecule has 0 saturated carbocycles. The minimum absolute atomic E-state index is 0.0986. The number of ether oxygens (including phenoxy) is 1. The summed E-state index contributed by atoms with van der Waals surface area (Å²) in [6.45, 7) is 4.48. The molecule has 0 aliphatic rings. The van der Waals surface area contributed by atoms with Gasteiger partial charge in [0.2, 0.25) is 5.91 Å². The van der Waals surface area contributed by atoms with Gasteiger partial charge in [-0.05, 0) is 74.2 Å². The lowest BCUT2D eigenvalue weighted by atomic mass is 10.0. The Morgan fingerprint density at radius 1 is 0.884 bits per heavy atom. The van der Waals surface area contributed by atoms with Crippen molar-refractivity contribution in [2.24, 2.45) is 5.73 Å². The molecular formula is C31H29Cl2N3O6S. The first-order valence-corrected chi connectivity index (χ1v) is 15.2. The lowest BCUT2D eigenvalue weighted by Gasteiger charge is -2.27. The van der Waals surface area contributed by atoms with Crippen molar-refractivity contribution < 1.29 is 27.5 Å². The van der Waals surface area contributed by atoms with Gasteiger partial charge < -0.3 is 15.8 Å². The molecule has 0 fully saturated rings. The zero-order chi connectivity index (χ0) is 31.5. The zero-order valence-corrected chi connectivity index (χ0v) is 25.9. The van der Waals surface area contributed by atoms with Gasteiger partial charge in [0, 0.05) is 33.1 Å². The smallest absolute Gasteiger partial charge is 0.327 e. The summed E-state index contributed by atoms with van der Waals surface area (Å²) in [5, 5.41) is 3.86. The van der Waals surface area contributed by atoms with E-state index < -0.39 is 40.0 Å². The van der Waals surface area contributed by atoms with E-state index in [-0.39, 0.29) is 32.7 Å². The largest absolute Gasteiger partial charge is 0.459 e. The molecule has 3 N–H and O–H groups in total. The molecule has 0 bridgehead atoms. The quantitative estimate of drug-likeness (QED) is 0.225. The van der Waals surface area contributed by atoms with Crippen LogP contribution in [0.25, 0.3) is 10.8 Å². The Balaban J connectivity index is 1.77. The first-order valence-electron chi connectivity index (χ1n) is 13.0. The normalized spacial score (nSPS) is 11.7. The summed E-state index contributed by atoms with van der Waals surface area (Å²) in [5.41, 5.74) is 5.88. The van der Waals surface area contributed by atoms with Crippen molar-refractivity contribution in [1.82, 2.24) is 5.32 Å². The van der Waals surface area contributed by atoms with Gasteiger partial charge >= 0.3 is 5.97 Å². The van der Waals surface area contributed by atoms with E-state index in [9.17, 15) is 22.8 Å². The third-order valence-corrected chi connectivity index (χ3v) is 8.37. The summed E-state index contributed by atoms with van der Waals surface area (Å²) >= 11 is 12.2. The molecule has 9 nitrogen and oxygen atoms in total. The molecule has 0 radical (unpaired) electrons. The van der Waals surface area contributed by atoms with Crippen molar-refractivity contribution in [2.75, 3.05) is 10.8 Å². The van der Waals surface area contributed by atoms with Crippen LogP contribution >= 0.6 is 23.2 Å². The van der Waals surface area contributed by atoms with Crippen LogP contribution < -0.4 is 15.4 Å². The SMILES string of the molecule is CC(C)(C)OC(=O)CN(c1cccc2c(C(=O)NCc3cccc(C(N)=O)c3)cccc12)S(=O)(=O)c1cc(Cl)cc(Cl)c1. The zero-order valence-electron chi connectivity index (χ0n) is 23.6. The summed E-state index contributed by atoms with van der Waals surface area (Å²) in [6.07, 6.45) is 0. The van der Waals surface area contributed by atoms with Crippen LogP contribution in [0.15, 0.2) is 83.8 Å². The average molecular weight is 643 g/mol. The standard InChI is InChI=1S/C31H29Cl2N3O6S/c1-31(2,3)42-28(37)18-36(43(40,41)23-15-21(32)14-22(33)16-23)27-12-6-9-24-25(27)10-5-11-26(24)30(39)35-17-19-7-4-8-20(13-19)29(34)38/h4-16H,17-18H2,1-3H3,(H2,34,38)(H,35,39). The summed E-state index contributed by atoms with van der Waals surface area (Å²) < 4.78 is 34.4. The number of rotatable bonds is 9. The second kappa shape index (κ2) is 12.6. The fourth-order valence-electron chi connectivity index (χ4n) is 4.42. The summed E-state index contributed by atoms with van der Waals surface area (Å²) in [4.78, 5) is 37.6. The van der Waals surface area contributed by atoms with Crippen molar-refractivity contribution in [3.63, 3.8) is 0 Å². The molecule has 0 aromatic heterocycles. The van der Waals surface area contributed by atoms with Crippen LogP contribution in [0.2, 0.25) is 10.0 Å². The highest BCUT2D eigenvalue weighted by molar-refractivity contribution is 7.93. The van der Waals surface area contributed by atoms with Gasteiger partial charge in [-0.2, -0.15) is 0 Å². The topological polar surface area (TPSA) is 136 Å². The molecule has 224 valence electrons. The fourth-order valence-corrected chi connectivity index (χ4v) is 6.57. The van der Waals surface area contributed by atoms with Crippen molar-refractivity contribution in [3.8, 4) is 0 Å². The third kappa shape index (κ3) is 7.64. The number of carbonyl (C=O) groups is 3. The van der Waals surface area contributed by atoms with E-state index in [2.05, 4.69) is 5.32 Å². The number of primary amides is 1. The predicted molar refractivity (Wildman–Crippen MR) is 167 cm³/mol. The van der Waals surface area contributed by atoms with Crippen molar-refractivity contribution in [2.45, 2.75) is 37.8 Å². The maximum absolute atomic E-state index is 14.0. The number of nitrogens with two attached hydrogens (primary N) is 1. The van der Waals surface area contributed by atoms with Crippen LogP contribution in [0.3, 0.4) is 0 Å². The summed E-state index contributed by atoms with van der Waals surface area (Å²) in [6, 6.07) is 20.1. The highest BCUT2D eigenvalue weighted by atomic mass is 35.5. The van der Waals surface area contributed by atoms with Crippen LogP contribution in [0, 0.1) is 0 Å². The van der Waals surface area contributed by atoms with Gasteiger partial charge in [-0.1, -0.05) is 59.6 Å². The van der Waals surface area contributed by atoms with Gasteiger partial charge in [-0.25, -0.2) is 8.42 Å². The lowest BCUT2D eigenvalue weighted by molar-refractivity contribution is -0.152. The Morgan fingerprint density at radius 3 is 2.16 bits per heavy atom. The molecule has 0 spiro atoms. The molecule has 0 aliphatic heterocycles. The Bertz CT molecular complexity index is 1820. The Morgan fingerprint density at radius 2 is 1.51 bits per heavy atom. The van der Waals surface area contributed by atoms with Crippen molar-refractivity contribution in [1.29, 1.82) is 0 Å². The van der Waals surface area contributed by atoms with E-state index in [1.54, 1.807) is 75.4 Å². The highest BCUT2D eigenvalue weighted by Crippen LogP contribution is 2.34. The number of fused-ring (bicyclic) bond motifs is 1. The Kier molecular flexibility index (Phi) is 9.34. The number of carbonyl (C=O) groups excluding carboxylic acids is 3. The number of amides is 2. The monoisotopic (exact) mass is 641 g/mol. The van der Waals surface area contributed by atoms with Gasteiger partial charge in [0.15, 0.2) is 0 Å². The molecule has 0 atom stereocenters. The number of hydrogen-bond acceptors (Lipinski definition) is 6. The average Bonchev–Trinajstić information content (AvgIpc) is 2.92. The summed E-state index contributed by atoms with van der Waals surface area (Å²) in [7, 11) is -4.41. The minimum Gasteiger partial charge on any atom is -0.459 e. The maximum atomic E-state index is 14.0. The van der Waals surface area contributed by atoms with Gasteiger partial charge in [0.25, 0.3) is 15.9 Å². The predicted octanol–water partition coefficient (Wildman–Crippen LogP) is 5.71. The number of benzene rings is 4. The molecule has 43 heavy (non-hydrogen) atoms. The molecule has 4 aromatic carbocycles. The molecule has 2 amide bonds.